The summed E-state index contributed by atoms with van der Waals surface area (Å²) in [5, 5.41) is 3.61. The van der Waals surface area contributed by atoms with Gasteiger partial charge >= 0.3 is 0 Å². The summed E-state index contributed by atoms with van der Waals surface area (Å²) >= 11 is 0. The van der Waals surface area contributed by atoms with Crippen LogP contribution in [0.2, 0.25) is 0 Å². The average molecular weight is 240 g/mol. The maximum Gasteiger partial charge on any atom is 0.0195 e. The van der Waals surface area contributed by atoms with Gasteiger partial charge < -0.3 is 10.2 Å². The van der Waals surface area contributed by atoms with Gasteiger partial charge in [-0.2, -0.15) is 0 Å². The van der Waals surface area contributed by atoms with E-state index in [1.165, 1.54) is 77.5 Å². The summed E-state index contributed by atoms with van der Waals surface area (Å²) in [6, 6.07) is 0.775. The largest absolute Gasteiger partial charge is 0.313 e. The third-order valence-corrected chi connectivity index (χ3v) is 3.76. The van der Waals surface area contributed by atoms with Gasteiger partial charge in [0.2, 0.25) is 0 Å². The molecule has 1 aliphatic heterocycles. The summed E-state index contributed by atoms with van der Waals surface area (Å²) in [7, 11) is 0. The quantitative estimate of drug-likeness (QED) is 0.589. The van der Waals surface area contributed by atoms with Gasteiger partial charge in [0, 0.05) is 12.6 Å². The molecule has 1 N–H and O–H groups in total. The van der Waals surface area contributed by atoms with Crippen LogP contribution in [0.5, 0.6) is 0 Å². The van der Waals surface area contributed by atoms with E-state index in [2.05, 4.69) is 24.1 Å². The van der Waals surface area contributed by atoms with Crippen LogP contribution < -0.4 is 5.32 Å². The van der Waals surface area contributed by atoms with E-state index in [9.17, 15) is 0 Å². The number of nitrogens with one attached hydrogen (secondary N) is 1. The molecule has 2 nitrogen and oxygen atoms in total. The van der Waals surface area contributed by atoms with Gasteiger partial charge in [-0.15, -0.1) is 0 Å². The molecule has 0 aromatic heterocycles. The Morgan fingerprint density at radius 2 is 1.82 bits per heavy atom. The van der Waals surface area contributed by atoms with Gasteiger partial charge in [-0.3, -0.25) is 0 Å². The molecule has 0 saturated carbocycles. The lowest BCUT2D eigenvalue weighted by Crippen LogP contribution is -2.38. The SMILES string of the molecule is CCCCCCCN(CCC)CC1CCCN1. The standard InChI is InChI=1S/C15H32N2/c1-3-5-6-7-8-13-17(12-4-2)14-15-10-9-11-16-15/h15-16H,3-14H2,1-2H3. The Morgan fingerprint density at radius 3 is 2.47 bits per heavy atom. The smallest absolute Gasteiger partial charge is 0.0195 e. The van der Waals surface area contributed by atoms with Crippen LogP contribution in [-0.4, -0.2) is 37.1 Å². The summed E-state index contributed by atoms with van der Waals surface area (Å²) in [5.74, 6) is 0. The molecule has 0 amide bonds. The fraction of sp³-hybridized carbons (Fsp3) is 1.00. The van der Waals surface area contributed by atoms with Gasteiger partial charge in [-0.05, 0) is 45.3 Å². The molecule has 1 aliphatic rings. The van der Waals surface area contributed by atoms with E-state index in [4.69, 9.17) is 0 Å². The van der Waals surface area contributed by atoms with Crippen molar-refractivity contribution < 1.29 is 0 Å². The fourth-order valence-corrected chi connectivity index (χ4v) is 2.77. The summed E-state index contributed by atoms with van der Waals surface area (Å²) in [5.41, 5.74) is 0. The highest BCUT2D eigenvalue weighted by Gasteiger charge is 2.16. The first-order valence-corrected chi connectivity index (χ1v) is 7.82. The normalized spacial score (nSPS) is 20.3. The summed E-state index contributed by atoms with van der Waals surface area (Å²) < 4.78 is 0. The predicted octanol–water partition coefficient (Wildman–Crippen LogP) is 3.42. The van der Waals surface area contributed by atoms with Crippen molar-refractivity contribution in [3.05, 3.63) is 0 Å². The summed E-state index contributed by atoms with van der Waals surface area (Å²) in [4.78, 5) is 2.68. The Kier molecular flexibility index (Phi) is 8.72. The molecular formula is C15H32N2. The molecule has 1 saturated heterocycles. The van der Waals surface area contributed by atoms with Gasteiger partial charge in [0.05, 0.1) is 0 Å². The van der Waals surface area contributed by atoms with E-state index in [-0.39, 0.29) is 0 Å². The molecule has 0 spiro atoms. The molecule has 0 aliphatic carbocycles. The van der Waals surface area contributed by atoms with Crippen molar-refractivity contribution in [3.63, 3.8) is 0 Å². The number of nitrogens with zero attached hydrogens (tertiary/aromatic N) is 1. The predicted molar refractivity (Wildman–Crippen MR) is 76.5 cm³/mol. The average Bonchev–Trinajstić information content (AvgIpc) is 2.82. The molecule has 0 aromatic rings. The van der Waals surface area contributed by atoms with Gasteiger partial charge in [0.15, 0.2) is 0 Å². The lowest BCUT2D eigenvalue weighted by Gasteiger charge is -2.25. The number of unbranched alkanes of at least 4 members (excludes halogenated alkanes) is 4. The molecule has 102 valence electrons. The molecule has 1 unspecified atom stereocenters. The van der Waals surface area contributed by atoms with Crippen LogP contribution in [0.15, 0.2) is 0 Å². The second-order valence-corrected chi connectivity index (χ2v) is 5.51. The van der Waals surface area contributed by atoms with Crippen LogP contribution in [0.1, 0.15) is 65.2 Å². The van der Waals surface area contributed by atoms with Crippen LogP contribution in [0.4, 0.5) is 0 Å². The minimum absolute atomic E-state index is 0.775. The third kappa shape index (κ3) is 7.05. The minimum atomic E-state index is 0.775. The van der Waals surface area contributed by atoms with Gasteiger partial charge in [-0.1, -0.05) is 39.5 Å². The first-order valence-electron chi connectivity index (χ1n) is 7.82. The first kappa shape index (κ1) is 15.0. The van der Waals surface area contributed by atoms with Crippen LogP contribution in [0.3, 0.4) is 0 Å². The Morgan fingerprint density at radius 1 is 1.00 bits per heavy atom. The van der Waals surface area contributed by atoms with Crippen LogP contribution >= 0.6 is 0 Å². The Balaban J connectivity index is 2.08. The van der Waals surface area contributed by atoms with Crippen molar-refractivity contribution in [2.45, 2.75) is 71.3 Å². The van der Waals surface area contributed by atoms with Crippen LogP contribution in [0.25, 0.3) is 0 Å². The molecule has 0 radical (unpaired) electrons. The monoisotopic (exact) mass is 240 g/mol. The fourth-order valence-electron chi connectivity index (χ4n) is 2.77. The Bertz CT molecular complexity index is 164. The van der Waals surface area contributed by atoms with E-state index in [1.54, 1.807) is 0 Å². The van der Waals surface area contributed by atoms with Crippen molar-refractivity contribution in [1.29, 1.82) is 0 Å². The van der Waals surface area contributed by atoms with Crippen molar-refractivity contribution in [1.82, 2.24) is 10.2 Å². The summed E-state index contributed by atoms with van der Waals surface area (Å²) in [6.45, 7) is 9.70. The van der Waals surface area contributed by atoms with E-state index in [0.717, 1.165) is 6.04 Å². The van der Waals surface area contributed by atoms with Gasteiger partial charge in [-0.25, -0.2) is 0 Å². The summed E-state index contributed by atoms with van der Waals surface area (Å²) in [6.07, 6.45) is 11.1. The lowest BCUT2D eigenvalue weighted by atomic mass is 10.1. The van der Waals surface area contributed by atoms with Crippen molar-refractivity contribution >= 4 is 0 Å². The molecule has 1 heterocycles. The number of rotatable bonds is 10. The molecule has 17 heavy (non-hydrogen) atoms. The van der Waals surface area contributed by atoms with Crippen molar-refractivity contribution in [3.8, 4) is 0 Å². The van der Waals surface area contributed by atoms with Crippen molar-refractivity contribution in [2.75, 3.05) is 26.2 Å². The first-order chi connectivity index (χ1) is 8.36. The molecule has 2 heteroatoms. The van der Waals surface area contributed by atoms with Crippen molar-refractivity contribution in [2.24, 2.45) is 0 Å². The zero-order valence-electron chi connectivity index (χ0n) is 12.0. The maximum absolute atomic E-state index is 3.61. The molecule has 1 fully saturated rings. The molecule has 0 aromatic carbocycles. The molecular weight excluding hydrogens is 208 g/mol. The second-order valence-electron chi connectivity index (χ2n) is 5.51. The molecule has 1 atom stereocenters. The third-order valence-electron chi connectivity index (χ3n) is 3.76. The van der Waals surface area contributed by atoms with E-state index < -0.39 is 0 Å². The highest BCUT2D eigenvalue weighted by molar-refractivity contribution is 4.77. The van der Waals surface area contributed by atoms with E-state index in [1.807, 2.05) is 0 Å². The van der Waals surface area contributed by atoms with Crippen LogP contribution in [0, 0.1) is 0 Å². The second kappa shape index (κ2) is 9.90. The zero-order valence-corrected chi connectivity index (χ0v) is 12.0. The van der Waals surface area contributed by atoms with Crippen LogP contribution in [-0.2, 0) is 0 Å². The zero-order chi connectivity index (χ0) is 12.3. The number of hydrogen-bond acceptors (Lipinski definition) is 2. The minimum Gasteiger partial charge on any atom is -0.313 e. The van der Waals surface area contributed by atoms with Gasteiger partial charge in [0.25, 0.3) is 0 Å². The Hall–Kier alpha value is -0.0800. The molecule has 1 rings (SSSR count). The van der Waals surface area contributed by atoms with E-state index >= 15 is 0 Å². The Labute approximate surface area is 108 Å². The highest BCUT2D eigenvalue weighted by Crippen LogP contribution is 2.09. The number of hydrogen-bond donors (Lipinski definition) is 1. The van der Waals surface area contributed by atoms with E-state index in [0.29, 0.717) is 0 Å². The topological polar surface area (TPSA) is 15.3 Å². The maximum atomic E-state index is 3.61. The van der Waals surface area contributed by atoms with Gasteiger partial charge in [0.1, 0.15) is 0 Å². The molecule has 0 bridgehead atoms. The highest BCUT2D eigenvalue weighted by atomic mass is 15.1. The lowest BCUT2D eigenvalue weighted by molar-refractivity contribution is 0.244.